The third-order valence-electron chi connectivity index (χ3n) is 11.4. The highest BCUT2D eigenvalue weighted by Crippen LogP contribution is 2.33. The van der Waals surface area contributed by atoms with E-state index >= 15 is 0 Å². The largest absolute Gasteiger partial charge is 0.497 e. The van der Waals surface area contributed by atoms with Crippen molar-refractivity contribution in [3.63, 3.8) is 0 Å². The number of benzene rings is 7. The molecule has 0 unspecified atom stereocenters. The Balaban J connectivity index is 1.27. The van der Waals surface area contributed by atoms with Gasteiger partial charge in [0.05, 0.1) is 29.2 Å². The van der Waals surface area contributed by atoms with Crippen LogP contribution in [0.3, 0.4) is 0 Å². The molecular formula is C50H44N2O3. The van der Waals surface area contributed by atoms with E-state index in [4.69, 9.17) is 4.74 Å². The number of aromatic nitrogens is 2. The minimum Gasteiger partial charge on any atom is -0.497 e. The molecule has 0 aliphatic carbocycles. The molecule has 0 aliphatic rings. The number of aryl methyl sites for hydroxylation is 3. The fourth-order valence-corrected chi connectivity index (χ4v) is 8.39. The quantitative estimate of drug-likeness (QED) is 0.140. The molecule has 0 fully saturated rings. The van der Waals surface area contributed by atoms with Gasteiger partial charge in [-0.1, -0.05) is 92.9 Å². The zero-order valence-corrected chi connectivity index (χ0v) is 31.9. The average molecular weight is 721 g/mol. The Morgan fingerprint density at radius 3 is 1.38 bits per heavy atom. The van der Waals surface area contributed by atoms with Gasteiger partial charge in [-0.05, 0) is 124 Å². The molecule has 9 aromatic rings. The van der Waals surface area contributed by atoms with Gasteiger partial charge in [-0.25, -0.2) is 0 Å². The van der Waals surface area contributed by atoms with Crippen LogP contribution >= 0.6 is 0 Å². The van der Waals surface area contributed by atoms with E-state index in [0.717, 1.165) is 99.6 Å². The minimum absolute atomic E-state index is 0.00299. The first-order valence-corrected chi connectivity index (χ1v) is 19.5. The van der Waals surface area contributed by atoms with Gasteiger partial charge in [0.25, 0.3) is 0 Å². The van der Waals surface area contributed by atoms with E-state index in [2.05, 4.69) is 127 Å². The van der Waals surface area contributed by atoms with E-state index in [1.807, 2.05) is 24.3 Å². The summed E-state index contributed by atoms with van der Waals surface area (Å²) in [5, 5.41) is 7.28. The summed E-state index contributed by atoms with van der Waals surface area (Å²) in [5.41, 5.74) is 8.77. The molecule has 0 N–H and O–H groups in total. The lowest BCUT2D eigenvalue weighted by molar-refractivity contribution is 0.415. The first-order chi connectivity index (χ1) is 26.8. The van der Waals surface area contributed by atoms with Crippen molar-refractivity contribution < 1.29 is 4.74 Å². The molecule has 55 heavy (non-hydrogen) atoms. The first kappa shape index (κ1) is 34.6. The molecule has 5 heteroatoms. The van der Waals surface area contributed by atoms with Gasteiger partial charge in [-0.2, -0.15) is 0 Å². The van der Waals surface area contributed by atoms with Crippen LogP contribution < -0.4 is 15.6 Å². The average Bonchev–Trinajstić information content (AvgIpc) is 3.22. The topological polar surface area (TPSA) is 53.2 Å². The number of nitrogens with zero attached hydrogens (tertiary/aromatic N) is 2. The molecule has 0 atom stereocenters. The Hall–Kier alpha value is -6.20. The van der Waals surface area contributed by atoms with Crippen molar-refractivity contribution in [3.8, 4) is 28.0 Å². The lowest BCUT2D eigenvalue weighted by Gasteiger charge is -2.19. The van der Waals surface area contributed by atoms with E-state index < -0.39 is 0 Å². The maximum atomic E-state index is 14.7. The molecular weight excluding hydrogens is 677 g/mol. The summed E-state index contributed by atoms with van der Waals surface area (Å²) in [6, 6.07) is 42.0. The summed E-state index contributed by atoms with van der Waals surface area (Å²) < 4.78 is 9.96. The lowest BCUT2D eigenvalue weighted by atomic mass is 9.97. The van der Waals surface area contributed by atoms with Crippen LogP contribution in [0.1, 0.15) is 45.1 Å². The number of rotatable bonds is 9. The second kappa shape index (κ2) is 13.9. The third kappa shape index (κ3) is 5.95. The van der Waals surface area contributed by atoms with Crippen molar-refractivity contribution >= 4 is 65.2 Å². The van der Waals surface area contributed by atoms with Crippen LogP contribution in [0.15, 0.2) is 131 Å². The molecule has 0 amide bonds. The molecule has 0 spiro atoms. The summed E-state index contributed by atoms with van der Waals surface area (Å²) in [7, 11) is 1.68. The van der Waals surface area contributed by atoms with Crippen LogP contribution in [-0.4, -0.2) is 16.2 Å². The minimum atomic E-state index is -0.0107. The highest BCUT2D eigenvalue weighted by Gasteiger charge is 2.18. The van der Waals surface area contributed by atoms with Crippen molar-refractivity contribution in [2.45, 2.75) is 59.5 Å². The van der Waals surface area contributed by atoms with Gasteiger partial charge < -0.3 is 13.9 Å². The SMILES string of the molecule is CCCCn1c2ccc(-c3ccc4cc(C)ccc4c3)cc2c(=O)c2cc3c(cc21)c(=O)c1cc(-c2ccc4cc(OC)ccc4c2)ccc1n3CCCC. The number of ether oxygens (including phenoxy) is 1. The zero-order chi connectivity index (χ0) is 37.8. The fourth-order valence-electron chi connectivity index (χ4n) is 8.39. The smallest absolute Gasteiger partial charge is 0.197 e. The molecule has 2 heterocycles. The molecule has 0 aliphatic heterocycles. The number of unbranched alkanes of at least 4 members (excludes halogenated alkanes) is 2. The maximum absolute atomic E-state index is 14.7. The molecule has 5 nitrogen and oxygen atoms in total. The van der Waals surface area contributed by atoms with Crippen LogP contribution in [0.2, 0.25) is 0 Å². The van der Waals surface area contributed by atoms with Gasteiger partial charge >= 0.3 is 0 Å². The van der Waals surface area contributed by atoms with E-state index in [-0.39, 0.29) is 10.9 Å². The lowest BCUT2D eigenvalue weighted by Crippen LogP contribution is -2.16. The molecule has 0 saturated carbocycles. The normalized spacial score (nSPS) is 11.9. The third-order valence-corrected chi connectivity index (χ3v) is 11.4. The molecule has 9 rings (SSSR count). The van der Waals surface area contributed by atoms with Gasteiger partial charge in [0.2, 0.25) is 0 Å². The second-order valence-electron chi connectivity index (χ2n) is 15.0. The molecule has 7 aromatic carbocycles. The van der Waals surface area contributed by atoms with Crippen LogP contribution in [0.4, 0.5) is 0 Å². The molecule has 0 saturated heterocycles. The fraction of sp³-hybridized carbons (Fsp3) is 0.200. The Bertz CT molecular complexity index is 3120. The highest BCUT2D eigenvalue weighted by molar-refractivity contribution is 6.05. The van der Waals surface area contributed by atoms with E-state index in [0.29, 0.717) is 21.5 Å². The van der Waals surface area contributed by atoms with Crippen LogP contribution in [0.25, 0.3) is 87.4 Å². The van der Waals surface area contributed by atoms with Gasteiger partial charge in [0.15, 0.2) is 10.9 Å². The monoisotopic (exact) mass is 720 g/mol. The number of hydrogen-bond acceptors (Lipinski definition) is 3. The Morgan fingerprint density at radius 1 is 0.455 bits per heavy atom. The van der Waals surface area contributed by atoms with Crippen LogP contribution in [-0.2, 0) is 13.1 Å². The number of pyridine rings is 2. The molecule has 272 valence electrons. The summed E-state index contributed by atoms with van der Waals surface area (Å²) >= 11 is 0. The number of methoxy groups -OCH3 is 1. The van der Waals surface area contributed by atoms with E-state index in [1.165, 1.54) is 16.3 Å². The second-order valence-corrected chi connectivity index (χ2v) is 15.0. The zero-order valence-electron chi connectivity index (χ0n) is 31.9. The van der Waals surface area contributed by atoms with Crippen molar-refractivity contribution in [3.05, 3.63) is 147 Å². The highest BCUT2D eigenvalue weighted by atomic mass is 16.5. The Morgan fingerprint density at radius 2 is 0.873 bits per heavy atom. The van der Waals surface area contributed by atoms with E-state index in [9.17, 15) is 9.59 Å². The summed E-state index contributed by atoms with van der Waals surface area (Å²) in [6.45, 7) is 7.97. The van der Waals surface area contributed by atoms with Crippen molar-refractivity contribution in [2.24, 2.45) is 0 Å². The molecule has 0 bridgehead atoms. The number of fused-ring (bicyclic) bond motifs is 6. The predicted molar refractivity (Wildman–Crippen MR) is 232 cm³/mol. The van der Waals surface area contributed by atoms with Gasteiger partial charge in [0.1, 0.15) is 5.75 Å². The van der Waals surface area contributed by atoms with Crippen molar-refractivity contribution in [1.82, 2.24) is 9.13 Å². The Labute approximate surface area is 320 Å². The van der Waals surface area contributed by atoms with Crippen LogP contribution in [0, 0.1) is 6.92 Å². The summed E-state index contributed by atoms with van der Waals surface area (Å²) in [6.07, 6.45) is 3.93. The summed E-state index contributed by atoms with van der Waals surface area (Å²) in [4.78, 5) is 29.4. The van der Waals surface area contributed by atoms with Crippen molar-refractivity contribution in [1.29, 1.82) is 0 Å². The molecule has 0 radical (unpaired) electrons. The Kier molecular flexibility index (Phi) is 8.73. The first-order valence-electron chi connectivity index (χ1n) is 19.5. The standard InChI is InChI=1S/C50H44N2O3/c1-5-7-21-51-45-19-16-38(34-12-11-32-23-31(3)9-10-33(32)24-34)27-41(45)49(53)43-29-48-44(30-47(43)51)50(54)42-28-39(17-20-46(42)52(48)22-8-6-2)35-13-14-37-26-40(55-4)18-15-36(37)25-35/h9-20,23-30H,5-8,21-22H2,1-4H3. The van der Waals surface area contributed by atoms with Crippen molar-refractivity contribution in [2.75, 3.05) is 7.11 Å². The van der Waals surface area contributed by atoms with E-state index in [1.54, 1.807) is 7.11 Å². The number of hydrogen-bond donors (Lipinski definition) is 0. The van der Waals surface area contributed by atoms with Gasteiger partial charge in [0, 0.05) is 34.6 Å². The van der Waals surface area contributed by atoms with Gasteiger partial charge in [-0.15, -0.1) is 0 Å². The molecule has 2 aromatic heterocycles. The maximum Gasteiger partial charge on any atom is 0.197 e. The van der Waals surface area contributed by atoms with Gasteiger partial charge in [-0.3, -0.25) is 9.59 Å². The summed E-state index contributed by atoms with van der Waals surface area (Å²) in [5.74, 6) is 0.826. The van der Waals surface area contributed by atoms with Crippen LogP contribution in [0.5, 0.6) is 5.75 Å². The predicted octanol–water partition coefficient (Wildman–Crippen LogP) is 12.2.